The number of aromatic nitrogens is 2. The van der Waals surface area contributed by atoms with E-state index in [9.17, 15) is 18.0 Å². The predicted octanol–water partition coefficient (Wildman–Crippen LogP) is 4.64. The van der Waals surface area contributed by atoms with E-state index in [2.05, 4.69) is 22.2 Å². The average Bonchev–Trinajstić information content (AvgIpc) is 2.60. The first-order valence-corrected chi connectivity index (χ1v) is 8.31. The zero-order valence-corrected chi connectivity index (χ0v) is 15.0. The molecule has 0 unspecified atom stereocenters. The zero-order valence-electron chi connectivity index (χ0n) is 14.3. The van der Waals surface area contributed by atoms with Crippen molar-refractivity contribution in [2.75, 3.05) is 23.8 Å². The molecule has 0 saturated carbocycles. The number of rotatable bonds is 6. The maximum absolute atomic E-state index is 13.1. The Morgan fingerprint density at radius 1 is 1.27 bits per heavy atom. The average molecular weight is 387 g/mol. The molecule has 1 aromatic heterocycles. The third-order valence-electron chi connectivity index (χ3n) is 3.66. The summed E-state index contributed by atoms with van der Waals surface area (Å²) in [4.78, 5) is 22.1. The number of halogens is 4. The first-order valence-electron chi connectivity index (χ1n) is 7.93. The number of unbranched alkanes of at least 4 members (excludes halogenated alkanes) is 1. The summed E-state index contributed by atoms with van der Waals surface area (Å²) in [6.07, 6.45) is -1.49. The van der Waals surface area contributed by atoms with Gasteiger partial charge in [-0.05, 0) is 24.6 Å². The van der Waals surface area contributed by atoms with Gasteiger partial charge in [0.25, 0.3) is 5.91 Å². The van der Waals surface area contributed by atoms with Crippen LogP contribution in [0.1, 0.15) is 35.8 Å². The van der Waals surface area contributed by atoms with Crippen LogP contribution in [0.25, 0.3) is 0 Å². The van der Waals surface area contributed by atoms with Gasteiger partial charge in [0.05, 0.1) is 11.3 Å². The first-order chi connectivity index (χ1) is 12.2. The van der Waals surface area contributed by atoms with Gasteiger partial charge in [0, 0.05) is 24.7 Å². The van der Waals surface area contributed by atoms with Crippen molar-refractivity contribution < 1.29 is 18.0 Å². The largest absolute Gasteiger partial charge is 0.418 e. The van der Waals surface area contributed by atoms with Crippen LogP contribution in [0, 0.1) is 0 Å². The highest BCUT2D eigenvalue weighted by Gasteiger charge is 2.34. The molecule has 140 valence electrons. The molecule has 0 bridgehead atoms. The molecule has 0 spiro atoms. The van der Waals surface area contributed by atoms with Gasteiger partial charge in [-0.25, -0.2) is 9.97 Å². The fourth-order valence-corrected chi connectivity index (χ4v) is 2.41. The Morgan fingerprint density at radius 3 is 2.65 bits per heavy atom. The molecule has 0 fully saturated rings. The fraction of sp³-hybridized carbons (Fsp3) is 0.353. The number of nitrogens with one attached hydrogen (secondary N) is 1. The monoisotopic (exact) mass is 386 g/mol. The molecule has 1 N–H and O–H groups in total. The highest BCUT2D eigenvalue weighted by atomic mass is 35.5. The standard InChI is InChI=1S/C17H18ClF3N4O/c1-3-4-7-25(2)15-9-14(22-10-23-15)16(26)24-13-6-5-11(18)8-12(13)17(19,20)21/h5-6,8-10H,3-4,7H2,1-2H3,(H,24,26). The highest BCUT2D eigenvalue weighted by molar-refractivity contribution is 6.30. The number of nitrogens with zero attached hydrogens (tertiary/aromatic N) is 3. The molecule has 2 aromatic rings. The minimum atomic E-state index is -4.65. The maximum Gasteiger partial charge on any atom is 0.418 e. The molecule has 5 nitrogen and oxygen atoms in total. The van der Waals surface area contributed by atoms with Gasteiger partial charge in [0.15, 0.2) is 0 Å². The second kappa shape index (κ2) is 8.35. The smallest absolute Gasteiger partial charge is 0.360 e. The van der Waals surface area contributed by atoms with Crippen LogP contribution < -0.4 is 10.2 Å². The summed E-state index contributed by atoms with van der Waals surface area (Å²) < 4.78 is 39.4. The Hall–Kier alpha value is -2.35. The second-order valence-corrected chi connectivity index (χ2v) is 6.11. The summed E-state index contributed by atoms with van der Waals surface area (Å²) in [6.45, 7) is 2.79. The van der Waals surface area contributed by atoms with Crippen LogP contribution in [-0.2, 0) is 6.18 Å². The molecule has 0 atom stereocenters. The van der Waals surface area contributed by atoms with Crippen molar-refractivity contribution >= 4 is 29.0 Å². The van der Waals surface area contributed by atoms with Crippen LogP contribution in [0.5, 0.6) is 0 Å². The summed E-state index contributed by atoms with van der Waals surface area (Å²) in [5, 5.41) is 2.17. The van der Waals surface area contributed by atoms with Gasteiger partial charge in [-0.1, -0.05) is 24.9 Å². The van der Waals surface area contributed by atoms with E-state index in [0.29, 0.717) is 5.82 Å². The number of carbonyl (C=O) groups is 1. The summed E-state index contributed by atoms with van der Waals surface area (Å²) in [5.41, 5.74) is -1.43. The number of hydrogen-bond acceptors (Lipinski definition) is 4. The third kappa shape index (κ3) is 5.08. The molecule has 2 rings (SSSR count). The molecular weight excluding hydrogens is 369 g/mol. The van der Waals surface area contributed by atoms with Crippen molar-refractivity contribution in [3.8, 4) is 0 Å². The lowest BCUT2D eigenvalue weighted by molar-refractivity contribution is -0.136. The summed E-state index contributed by atoms with van der Waals surface area (Å²) in [5.74, 6) is -0.240. The number of carbonyl (C=O) groups excluding carboxylic acids is 1. The fourth-order valence-electron chi connectivity index (χ4n) is 2.24. The van der Waals surface area contributed by atoms with Crippen LogP contribution in [-0.4, -0.2) is 29.5 Å². The molecule has 0 radical (unpaired) electrons. The van der Waals surface area contributed by atoms with Crippen LogP contribution in [0.4, 0.5) is 24.7 Å². The quantitative estimate of drug-likeness (QED) is 0.785. The molecule has 0 aliphatic carbocycles. The van der Waals surface area contributed by atoms with Crippen molar-refractivity contribution in [2.45, 2.75) is 25.9 Å². The van der Waals surface area contributed by atoms with E-state index in [1.807, 2.05) is 11.9 Å². The number of benzene rings is 1. The predicted molar refractivity (Wildman–Crippen MR) is 94.6 cm³/mol. The molecule has 9 heteroatoms. The first kappa shape index (κ1) is 20.0. The Morgan fingerprint density at radius 2 is 2.00 bits per heavy atom. The van der Waals surface area contributed by atoms with Crippen LogP contribution in [0.3, 0.4) is 0 Å². The van der Waals surface area contributed by atoms with E-state index in [0.717, 1.165) is 31.5 Å². The Bertz CT molecular complexity index is 783. The second-order valence-electron chi connectivity index (χ2n) is 5.68. The van der Waals surface area contributed by atoms with Gasteiger partial charge in [0.2, 0.25) is 0 Å². The topological polar surface area (TPSA) is 58.1 Å². The maximum atomic E-state index is 13.1. The highest BCUT2D eigenvalue weighted by Crippen LogP contribution is 2.36. The van der Waals surface area contributed by atoms with E-state index in [1.165, 1.54) is 18.5 Å². The lowest BCUT2D eigenvalue weighted by atomic mass is 10.1. The lowest BCUT2D eigenvalue weighted by Crippen LogP contribution is -2.22. The van der Waals surface area contributed by atoms with E-state index in [-0.39, 0.29) is 16.4 Å². The molecule has 0 aliphatic heterocycles. The van der Waals surface area contributed by atoms with Crippen molar-refractivity contribution in [3.63, 3.8) is 0 Å². The Labute approximate surface area is 154 Å². The summed E-state index contributed by atoms with van der Waals surface area (Å²) in [6, 6.07) is 4.59. The summed E-state index contributed by atoms with van der Waals surface area (Å²) in [7, 11) is 1.82. The van der Waals surface area contributed by atoms with Crippen LogP contribution >= 0.6 is 11.6 Å². The Balaban J connectivity index is 2.24. The Kier molecular flexibility index (Phi) is 6.42. The molecule has 0 aliphatic rings. The number of hydrogen-bond donors (Lipinski definition) is 1. The van der Waals surface area contributed by atoms with E-state index in [1.54, 1.807) is 0 Å². The van der Waals surface area contributed by atoms with Crippen molar-refractivity contribution in [2.24, 2.45) is 0 Å². The van der Waals surface area contributed by atoms with Crippen LogP contribution in [0.15, 0.2) is 30.6 Å². The van der Waals surface area contributed by atoms with Gasteiger partial charge < -0.3 is 10.2 Å². The molecule has 0 saturated heterocycles. The lowest BCUT2D eigenvalue weighted by Gasteiger charge is -2.18. The van der Waals surface area contributed by atoms with Gasteiger partial charge >= 0.3 is 6.18 Å². The normalized spacial score (nSPS) is 11.3. The molecule has 1 aromatic carbocycles. The third-order valence-corrected chi connectivity index (χ3v) is 3.89. The van der Waals surface area contributed by atoms with E-state index >= 15 is 0 Å². The minimum Gasteiger partial charge on any atom is -0.360 e. The van der Waals surface area contributed by atoms with Gasteiger partial charge in [-0.3, -0.25) is 4.79 Å². The SMILES string of the molecule is CCCCN(C)c1cc(C(=O)Nc2ccc(Cl)cc2C(F)(F)F)ncn1. The van der Waals surface area contributed by atoms with Gasteiger partial charge in [-0.2, -0.15) is 13.2 Å². The van der Waals surface area contributed by atoms with E-state index in [4.69, 9.17) is 11.6 Å². The van der Waals surface area contributed by atoms with Gasteiger partial charge in [-0.15, -0.1) is 0 Å². The molecular formula is C17H18ClF3N4O. The van der Waals surface area contributed by atoms with Gasteiger partial charge in [0.1, 0.15) is 17.8 Å². The molecule has 26 heavy (non-hydrogen) atoms. The summed E-state index contributed by atoms with van der Waals surface area (Å²) >= 11 is 5.63. The van der Waals surface area contributed by atoms with Crippen molar-refractivity contribution in [3.05, 3.63) is 46.9 Å². The van der Waals surface area contributed by atoms with Crippen LogP contribution in [0.2, 0.25) is 5.02 Å². The number of anilines is 2. The number of amides is 1. The molecule has 1 amide bonds. The minimum absolute atomic E-state index is 0.0265. The molecule has 1 heterocycles. The van der Waals surface area contributed by atoms with Crippen molar-refractivity contribution in [1.29, 1.82) is 0 Å². The zero-order chi connectivity index (χ0) is 19.3. The van der Waals surface area contributed by atoms with E-state index < -0.39 is 17.6 Å². The van der Waals surface area contributed by atoms with Crippen molar-refractivity contribution in [1.82, 2.24) is 9.97 Å². The number of alkyl halides is 3.